The van der Waals surface area contributed by atoms with Crippen LogP contribution >= 0.6 is 11.3 Å². The fourth-order valence-electron chi connectivity index (χ4n) is 1.37. The molecule has 2 heterocycles. The second-order valence-corrected chi connectivity index (χ2v) is 5.38. The molecule has 6 heteroatoms. The van der Waals surface area contributed by atoms with Crippen molar-refractivity contribution < 1.29 is 9.21 Å². The zero-order valence-electron chi connectivity index (χ0n) is 11.0. The first kappa shape index (κ1) is 13.5. The van der Waals surface area contributed by atoms with E-state index in [4.69, 9.17) is 4.42 Å². The number of carbonyl (C=O) groups excluding carboxylic acids is 1. The third kappa shape index (κ3) is 3.75. The Morgan fingerprint density at radius 1 is 1.42 bits per heavy atom. The van der Waals surface area contributed by atoms with E-state index < -0.39 is 0 Å². The van der Waals surface area contributed by atoms with Gasteiger partial charge in [0, 0.05) is 12.0 Å². The molecule has 2 aromatic rings. The monoisotopic (exact) mass is 277 g/mol. The minimum atomic E-state index is -0.250. The van der Waals surface area contributed by atoms with Crippen molar-refractivity contribution >= 4 is 28.5 Å². The van der Waals surface area contributed by atoms with Gasteiger partial charge in [-0.3, -0.25) is 10.1 Å². The lowest BCUT2D eigenvalue weighted by Gasteiger charge is -1.95. The van der Waals surface area contributed by atoms with Crippen LogP contribution < -0.4 is 5.32 Å². The van der Waals surface area contributed by atoms with Crippen LogP contribution in [0.3, 0.4) is 0 Å². The quantitative estimate of drug-likeness (QED) is 0.871. The van der Waals surface area contributed by atoms with Crippen molar-refractivity contribution in [3.05, 3.63) is 34.7 Å². The van der Waals surface area contributed by atoms with Crippen LogP contribution in [0, 0.1) is 6.92 Å². The van der Waals surface area contributed by atoms with E-state index >= 15 is 0 Å². The van der Waals surface area contributed by atoms with E-state index in [-0.39, 0.29) is 5.91 Å². The van der Waals surface area contributed by atoms with Gasteiger partial charge in [-0.1, -0.05) is 25.2 Å². The molecule has 2 aromatic heterocycles. The van der Waals surface area contributed by atoms with Gasteiger partial charge in [-0.25, -0.2) is 0 Å². The smallest absolute Gasteiger partial charge is 0.250 e. The number of anilines is 1. The molecular weight excluding hydrogens is 262 g/mol. The Hall–Kier alpha value is -1.95. The van der Waals surface area contributed by atoms with Gasteiger partial charge in [0.2, 0.25) is 11.0 Å². The third-order valence-electron chi connectivity index (χ3n) is 2.32. The number of nitrogens with one attached hydrogen (secondary N) is 1. The summed E-state index contributed by atoms with van der Waals surface area (Å²) in [6, 6.07) is 3.65. The number of hydrogen-bond acceptors (Lipinski definition) is 5. The summed E-state index contributed by atoms with van der Waals surface area (Å²) in [6.07, 6.45) is 3.03. The van der Waals surface area contributed by atoms with E-state index in [1.54, 1.807) is 12.1 Å². The van der Waals surface area contributed by atoms with Crippen molar-refractivity contribution in [2.45, 2.75) is 26.7 Å². The lowest BCUT2D eigenvalue weighted by Crippen LogP contribution is -2.07. The average Bonchev–Trinajstić information content (AvgIpc) is 2.96. The maximum Gasteiger partial charge on any atom is 0.250 e. The van der Waals surface area contributed by atoms with Crippen molar-refractivity contribution in [2.75, 3.05) is 5.32 Å². The summed E-state index contributed by atoms with van der Waals surface area (Å²) in [5.41, 5.74) is 0. The lowest BCUT2D eigenvalue weighted by molar-refractivity contribution is -0.111. The number of furan rings is 1. The van der Waals surface area contributed by atoms with Crippen LogP contribution in [0.25, 0.3) is 6.08 Å². The molecule has 0 saturated carbocycles. The van der Waals surface area contributed by atoms with Crippen LogP contribution in [0.15, 0.2) is 22.6 Å². The van der Waals surface area contributed by atoms with Crippen molar-refractivity contribution in [3.8, 4) is 0 Å². The number of aromatic nitrogens is 2. The Morgan fingerprint density at radius 3 is 2.79 bits per heavy atom. The molecular formula is C13H15N3O2S. The normalized spacial score (nSPS) is 11.4. The van der Waals surface area contributed by atoms with E-state index in [0.717, 1.165) is 10.8 Å². The molecule has 2 rings (SSSR count). The largest absolute Gasteiger partial charge is 0.462 e. The molecule has 5 nitrogen and oxygen atoms in total. The Bertz CT molecular complexity index is 599. The Morgan fingerprint density at radius 2 is 2.21 bits per heavy atom. The minimum Gasteiger partial charge on any atom is -0.462 e. The summed E-state index contributed by atoms with van der Waals surface area (Å²) in [4.78, 5) is 11.7. The zero-order valence-corrected chi connectivity index (χ0v) is 11.8. The molecule has 0 fully saturated rings. The molecule has 0 spiro atoms. The van der Waals surface area contributed by atoms with Crippen LogP contribution in [-0.4, -0.2) is 16.1 Å². The zero-order chi connectivity index (χ0) is 13.8. The van der Waals surface area contributed by atoms with Gasteiger partial charge in [0.05, 0.1) is 0 Å². The summed E-state index contributed by atoms with van der Waals surface area (Å²) in [7, 11) is 0. The van der Waals surface area contributed by atoms with Crippen LogP contribution in [0.4, 0.5) is 5.13 Å². The van der Waals surface area contributed by atoms with E-state index in [1.807, 2.05) is 26.8 Å². The molecule has 0 aliphatic rings. The second-order valence-electron chi connectivity index (χ2n) is 4.37. The molecule has 0 bridgehead atoms. The summed E-state index contributed by atoms with van der Waals surface area (Å²) in [5.74, 6) is 1.52. The molecule has 1 amide bonds. The first-order chi connectivity index (χ1) is 9.04. The van der Waals surface area contributed by atoms with Gasteiger partial charge in [0.25, 0.3) is 0 Å². The number of amides is 1. The topological polar surface area (TPSA) is 68.0 Å². The number of hydrogen-bond donors (Lipinski definition) is 1. The van der Waals surface area contributed by atoms with E-state index in [2.05, 4.69) is 15.5 Å². The maximum atomic E-state index is 11.7. The average molecular weight is 277 g/mol. The predicted molar refractivity (Wildman–Crippen MR) is 75.1 cm³/mol. The molecule has 0 saturated heterocycles. The van der Waals surface area contributed by atoms with Crippen molar-refractivity contribution in [1.82, 2.24) is 10.2 Å². The van der Waals surface area contributed by atoms with Crippen LogP contribution in [0.2, 0.25) is 0 Å². The van der Waals surface area contributed by atoms with Gasteiger partial charge in [-0.05, 0) is 25.1 Å². The summed E-state index contributed by atoms with van der Waals surface area (Å²) in [6.45, 7) is 5.92. The van der Waals surface area contributed by atoms with Crippen molar-refractivity contribution in [1.29, 1.82) is 0 Å². The lowest BCUT2D eigenvalue weighted by atomic mass is 10.2. The maximum absolute atomic E-state index is 11.7. The third-order valence-corrected chi connectivity index (χ3v) is 3.46. The summed E-state index contributed by atoms with van der Waals surface area (Å²) >= 11 is 1.38. The molecule has 0 atom stereocenters. The SMILES string of the molecule is Cc1ccc(C=CC(=O)Nc2nnc(C(C)C)s2)o1. The van der Waals surface area contributed by atoms with Gasteiger partial charge in [0.1, 0.15) is 16.5 Å². The van der Waals surface area contributed by atoms with Gasteiger partial charge in [0.15, 0.2) is 0 Å². The highest BCUT2D eigenvalue weighted by Gasteiger charge is 2.08. The molecule has 0 radical (unpaired) electrons. The summed E-state index contributed by atoms with van der Waals surface area (Å²) in [5, 5.41) is 12.0. The van der Waals surface area contributed by atoms with Gasteiger partial charge in [-0.15, -0.1) is 10.2 Å². The predicted octanol–water partition coefficient (Wildman–Crippen LogP) is 3.21. The van der Waals surface area contributed by atoms with E-state index in [0.29, 0.717) is 16.8 Å². The van der Waals surface area contributed by atoms with Crippen molar-refractivity contribution in [3.63, 3.8) is 0 Å². The number of aryl methyl sites for hydroxylation is 1. The van der Waals surface area contributed by atoms with Crippen LogP contribution in [0.5, 0.6) is 0 Å². The number of rotatable bonds is 4. The second kappa shape index (κ2) is 5.79. The van der Waals surface area contributed by atoms with E-state index in [1.165, 1.54) is 17.4 Å². The molecule has 0 aromatic carbocycles. The van der Waals surface area contributed by atoms with Gasteiger partial charge >= 0.3 is 0 Å². The first-order valence-electron chi connectivity index (χ1n) is 5.93. The molecule has 100 valence electrons. The standard InChI is InChI=1S/C13H15N3O2S/c1-8(2)12-15-16-13(19-12)14-11(17)7-6-10-5-4-9(3)18-10/h4-8H,1-3H3,(H,14,16,17). The highest BCUT2D eigenvalue weighted by Crippen LogP contribution is 2.22. The summed E-state index contributed by atoms with van der Waals surface area (Å²) < 4.78 is 5.33. The Balaban J connectivity index is 1.95. The van der Waals surface area contributed by atoms with Crippen LogP contribution in [0.1, 0.15) is 36.3 Å². The fourth-order valence-corrected chi connectivity index (χ4v) is 2.12. The Kier molecular flexibility index (Phi) is 4.11. The van der Waals surface area contributed by atoms with Gasteiger partial charge < -0.3 is 4.42 Å². The molecule has 0 aliphatic carbocycles. The van der Waals surface area contributed by atoms with E-state index in [9.17, 15) is 4.79 Å². The highest BCUT2D eigenvalue weighted by molar-refractivity contribution is 7.15. The van der Waals surface area contributed by atoms with Crippen LogP contribution in [-0.2, 0) is 4.79 Å². The number of nitrogens with zero attached hydrogens (tertiary/aromatic N) is 2. The Labute approximate surface area is 115 Å². The van der Waals surface area contributed by atoms with Crippen molar-refractivity contribution in [2.24, 2.45) is 0 Å². The molecule has 0 aliphatic heterocycles. The highest BCUT2D eigenvalue weighted by atomic mass is 32.1. The fraction of sp³-hybridized carbons (Fsp3) is 0.308. The first-order valence-corrected chi connectivity index (χ1v) is 6.75. The minimum absolute atomic E-state index is 0.250. The molecule has 0 unspecified atom stereocenters. The molecule has 1 N–H and O–H groups in total. The van der Waals surface area contributed by atoms with Gasteiger partial charge in [-0.2, -0.15) is 0 Å². The molecule has 19 heavy (non-hydrogen) atoms. The number of carbonyl (C=O) groups is 1.